The van der Waals surface area contributed by atoms with Gasteiger partial charge in [0, 0.05) is 34.6 Å². The summed E-state index contributed by atoms with van der Waals surface area (Å²) in [5.41, 5.74) is 0. The Bertz CT molecular complexity index is 639. The SMILES string of the molecule is CC(NCCCCn1ccnc1)c1cc2ccccc2s1. The molecular formula is C17H21N3S. The highest BCUT2D eigenvalue weighted by Crippen LogP contribution is 2.29. The molecule has 3 aromatic rings. The van der Waals surface area contributed by atoms with E-state index in [-0.39, 0.29) is 0 Å². The number of nitrogens with one attached hydrogen (secondary N) is 1. The van der Waals surface area contributed by atoms with E-state index in [0.29, 0.717) is 6.04 Å². The molecule has 1 N–H and O–H groups in total. The molecule has 0 radical (unpaired) electrons. The number of hydrogen-bond acceptors (Lipinski definition) is 3. The first-order valence-corrected chi connectivity index (χ1v) is 8.32. The molecule has 2 heterocycles. The van der Waals surface area contributed by atoms with Gasteiger partial charge in [-0.25, -0.2) is 4.98 Å². The molecule has 0 fully saturated rings. The molecule has 110 valence electrons. The van der Waals surface area contributed by atoms with Crippen LogP contribution in [0.15, 0.2) is 49.1 Å². The molecule has 21 heavy (non-hydrogen) atoms. The third-order valence-electron chi connectivity index (χ3n) is 3.72. The van der Waals surface area contributed by atoms with Crippen molar-refractivity contribution in [3.8, 4) is 0 Å². The van der Waals surface area contributed by atoms with Gasteiger partial charge in [-0.2, -0.15) is 0 Å². The molecular weight excluding hydrogens is 278 g/mol. The van der Waals surface area contributed by atoms with Crippen molar-refractivity contribution in [1.82, 2.24) is 14.9 Å². The summed E-state index contributed by atoms with van der Waals surface area (Å²) in [6, 6.07) is 11.3. The van der Waals surface area contributed by atoms with E-state index in [4.69, 9.17) is 0 Å². The Morgan fingerprint density at radius 3 is 3.00 bits per heavy atom. The zero-order valence-corrected chi connectivity index (χ0v) is 13.1. The summed E-state index contributed by atoms with van der Waals surface area (Å²) in [4.78, 5) is 5.48. The third kappa shape index (κ3) is 3.71. The number of fused-ring (bicyclic) bond motifs is 1. The number of thiophene rings is 1. The second-order valence-corrected chi connectivity index (χ2v) is 6.49. The maximum Gasteiger partial charge on any atom is 0.0945 e. The van der Waals surface area contributed by atoms with Gasteiger partial charge in [-0.05, 0) is 43.8 Å². The number of hydrogen-bond donors (Lipinski definition) is 1. The maximum atomic E-state index is 4.06. The summed E-state index contributed by atoms with van der Waals surface area (Å²) < 4.78 is 3.51. The average molecular weight is 299 g/mol. The van der Waals surface area contributed by atoms with Crippen molar-refractivity contribution in [3.63, 3.8) is 0 Å². The fourth-order valence-electron chi connectivity index (χ4n) is 2.47. The van der Waals surface area contributed by atoms with Gasteiger partial charge in [-0.15, -0.1) is 11.3 Å². The molecule has 0 amide bonds. The summed E-state index contributed by atoms with van der Waals surface area (Å²) in [7, 11) is 0. The van der Waals surface area contributed by atoms with E-state index in [1.54, 1.807) is 0 Å². The van der Waals surface area contributed by atoms with Crippen LogP contribution < -0.4 is 5.32 Å². The van der Waals surface area contributed by atoms with Gasteiger partial charge in [0.05, 0.1) is 6.33 Å². The molecule has 0 aliphatic carbocycles. The Hall–Kier alpha value is -1.65. The highest BCUT2D eigenvalue weighted by atomic mass is 32.1. The van der Waals surface area contributed by atoms with E-state index in [2.05, 4.69) is 52.1 Å². The van der Waals surface area contributed by atoms with Gasteiger partial charge < -0.3 is 9.88 Å². The third-order valence-corrected chi connectivity index (χ3v) is 5.02. The van der Waals surface area contributed by atoms with Crippen molar-refractivity contribution in [3.05, 3.63) is 53.9 Å². The van der Waals surface area contributed by atoms with Crippen molar-refractivity contribution in [2.45, 2.75) is 32.4 Å². The number of unbranched alkanes of at least 4 members (excludes halogenated alkanes) is 1. The van der Waals surface area contributed by atoms with Crippen LogP contribution in [0.2, 0.25) is 0 Å². The maximum absolute atomic E-state index is 4.06. The minimum Gasteiger partial charge on any atom is -0.337 e. The standard InChI is InChI=1S/C17H21N3S/c1-14(17-12-15-6-2-3-7-16(15)21-17)19-8-4-5-10-20-11-9-18-13-20/h2-3,6-7,9,11-14,19H,4-5,8,10H2,1H3. The molecule has 1 unspecified atom stereocenters. The van der Waals surface area contributed by atoms with Crippen molar-refractivity contribution in [2.24, 2.45) is 0 Å². The van der Waals surface area contributed by atoms with Crippen molar-refractivity contribution in [1.29, 1.82) is 0 Å². The second-order valence-electron chi connectivity index (χ2n) is 5.37. The largest absolute Gasteiger partial charge is 0.337 e. The zero-order valence-electron chi connectivity index (χ0n) is 12.3. The number of benzene rings is 1. The number of aromatic nitrogens is 2. The quantitative estimate of drug-likeness (QED) is 0.662. The fourth-order valence-corrected chi connectivity index (χ4v) is 3.56. The first-order chi connectivity index (χ1) is 10.3. The zero-order chi connectivity index (χ0) is 14.5. The molecule has 3 rings (SSSR count). The van der Waals surface area contributed by atoms with Crippen molar-refractivity contribution in [2.75, 3.05) is 6.54 Å². The molecule has 1 aromatic carbocycles. The van der Waals surface area contributed by atoms with Crippen LogP contribution in [0.3, 0.4) is 0 Å². The number of rotatable bonds is 7. The molecule has 3 nitrogen and oxygen atoms in total. The van der Waals surface area contributed by atoms with E-state index in [0.717, 1.165) is 13.1 Å². The summed E-state index contributed by atoms with van der Waals surface area (Å²) in [5, 5.41) is 4.98. The Morgan fingerprint density at radius 2 is 2.19 bits per heavy atom. The minimum atomic E-state index is 0.427. The van der Waals surface area contributed by atoms with Crippen molar-refractivity contribution < 1.29 is 0 Å². The van der Waals surface area contributed by atoms with Gasteiger partial charge in [0.15, 0.2) is 0 Å². The van der Waals surface area contributed by atoms with Crippen molar-refractivity contribution >= 4 is 21.4 Å². The van der Waals surface area contributed by atoms with E-state index in [9.17, 15) is 0 Å². The van der Waals surface area contributed by atoms with E-state index in [1.807, 2.05) is 30.1 Å². The molecule has 0 saturated heterocycles. The Balaban J connectivity index is 1.44. The summed E-state index contributed by atoms with van der Waals surface area (Å²) >= 11 is 1.89. The van der Waals surface area contributed by atoms with Crippen LogP contribution in [-0.2, 0) is 6.54 Å². The highest BCUT2D eigenvalue weighted by molar-refractivity contribution is 7.19. The molecule has 1 atom stereocenters. The second kappa shape index (κ2) is 6.87. The Morgan fingerprint density at radius 1 is 1.29 bits per heavy atom. The topological polar surface area (TPSA) is 29.9 Å². The van der Waals surface area contributed by atoms with E-state index >= 15 is 0 Å². The van der Waals surface area contributed by atoms with Crippen LogP contribution in [0.25, 0.3) is 10.1 Å². The lowest BCUT2D eigenvalue weighted by atomic mass is 10.2. The first kappa shape index (κ1) is 14.3. The van der Waals surface area contributed by atoms with E-state index in [1.165, 1.54) is 27.8 Å². The lowest BCUT2D eigenvalue weighted by molar-refractivity contribution is 0.527. The van der Waals surface area contributed by atoms with Crippen LogP contribution >= 0.6 is 11.3 Å². The van der Waals surface area contributed by atoms with Gasteiger partial charge in [-0.1, -0.05) is 18.2 Å². The lowest BCUT2D eigenvalue weighted by Crippen LogP contribution is -2.19. The van der Waals surface area contributed by atoms with Gasteiger partial charge in [0.25, 0.3) is 0 Å². The summed E-state index contributed by atoms with van der Waals surface area (Å²) in [6.45, 7) is 4.36. The van der Waals surface area contributed by atoms with Crippen LogP contribution in [-0.4, -0.2) is 16.1 Å². The van der Waals surface area contributed by atoms with E-state index < -0.39 is 0 Å². The Kier molecular flexibility index (Phi) is 4.68. The number of aryl methyl sites for hydroxylation is 1. The average Bonchev–Trinajstić information content (AvgIpc) is 3.15. The van der Waals surface area contributed by atoms with Crippen LogP contribution in [0.1, 0.15) is 30.7 Å². The number of imidazole rings is 1. The van der Waals surface area contributed by atoms with Crippen LogP contribution in [0.5, 0.6) is 0 Å². The first-order valence-electron chi connectivity index (χ1n) is 7.50. The molecule has 2 aromatic heterocycles. The molecule has 0 bridgehead atoms. The summed E-state index contributed by atoms with van der Waals surface area (Å²) in [6.07, 6.45) is 8.11. The van der Waals surface area contributed by atoms with Gasteiger partial charge in [0.1, 0.15) is 0 Å². The summed E-state index contributed by atoms with van der Waals surface area (Å²) in [5.74, 6) is 0. The Labute approximate surface area is 129 Å². The molecule has 4 heteroatoms. The van der Waals surface area contributed by atoms with Crippen LogP contribution in [0, 0.1) is 0 Å². The molecule has 0 saturated carbocycles. The number of nitrogens with zero attached hydrogens (tertiary/aromatic N) is 2. The molecule has 0 aliphatic rings. The minimum absolute atomic E-state index is 0.427. The smallest absolute Gasteiger partial charge is 0.0945 e. The van der Waals surface area contributed by atoms with Gasteiger partial charge in [-0.3, -0.25) is 0 Å². The molecule has 0 aliphatic heterocycles. The fraction of sp³-hybridized carbons (Fsp3) is 0.353. The van der Waals surface area contributed by atoms with Crippen LogP contribution in [0.4, 0.5) is 0 Å². The highest BCUT2D eigenvalue weighted by Gasteiger charge is 2.08. The van der Waals surface area contributed by atoms with Gasteiger partial charge >= 0.3 is 0 Å². The normalized spacial score (nSPS) is 12.8. The lowest BCUT2D eigenvalue weighted by Gasteiger charge is -2.11. The molecule has 0 spiro atoms. The monoisotopic (exact) mass is 299 g/mol. The van der Waals surface area contributed by atoms with Gasteiger partial charge in [0.2, 0.25) is 0 Å². The predicted molar refractivity (Wildman–Crippen MR) is 89.7 cm³/mol. The predicted octanol–water partition coefficient (Wildman–Crippen LogP) is 4.23.